The second kappa shape index (κ2) is 5.92. The van der Waals surface area contributed by atoms with Crippen molar-refractivity contribution >= 4 is 11.8 Å². The molecule has 1 aliphatic heterocycles. The molecule has 1 heterocycles. The highest BCUT2D eigenvalue weighted by Crippen LogP contribution is 2.40. The fourth-order valence-corrected chi connectivity index (χ4v) is 4.48. The third kappa shape index (κ3) is 2.86. The van der Waals surface area contributed by atoms with E-state index >= 15 is 0 Å². The minimum atomic E-state index is 0.632. The van der Waals surface area contributed by atoms with Crippen LogP contribution in [0.1, 0.15) is 32.3 Å². The molecule has 0 fully saturated rings. The molecule has 1 aromatic rings. The van der Waals surface area contributed by atoms with Gasteiger partial charge in [0.1, 0.15) is 0 Å². The standard InChI is InChI=1S/C15H23NS/c1-4-7-11(2)15(16-3)14-10-12-8-5-6-9-13(12)17-14/h5-6,8-9,11,14-16H,4,7,10H2,1-3H3. The van der Waals surface area contributed by atoms with Gasteiger partial charge >= 0.3 is 0 Å². The summed E-state index contributed by atoms with van der Waals surface area (Å²) < 4.78 is 0. The molecule has 0 aromatic heterocycles. The van der Waals surface area contributed by atoms with Crippen LogP contribution in [0.25, 0.3) is 0 Å². The maximum absolute atomic E-state index is 3.54. The lowest BCUT2D eigenvalue weighted by Gasteiger charge is -2.28. The molecule has 0 saturated carbocycles. The average Bonchev–Trinajstić information content (AvgIpc) is 2.73. The van der Waals surface area contributed by atoms with Crippen molar-refractivity contribution in [2.24, 2.45) is 5.92 Å². The molecule has 1 N–H and O–H groups in total. The first-order chi connectivity index (χ1) is 8.26. The first kappa shape index (κ1) is 13.0. The summed E-state index contributed by atoms with van der Waals surface area (Å²) >= 11 is 2.06. The number of fused-ring (bicyclic) bond motifs is 1. The van der Waals surface area contributed by atoms with E-state index in [1.165, 1.54) is 29.7 Å². The van der Waals surface area contributed by atoms with E-state index in [9.17, 15) is 0 Å². The molecule has 2 heteroatoms. The van der Waals surface area contributed by atoms with Gasteiger partial charge in [-0.3, -0.25) is 0 Å². The van der Waals surface area contributed by atoms with Gasteiger partial charge in [-0.2, -0.15) is 0 Å². The number of benzene rings is 1. The van der Waals surface area contributed by atoms with E-state index < -0.39 is 0 Å². The van der Waals surface area contributed by atoms with Gasteiger partial charge in [-0.1, -0.05) is 38.5 Å². The molecular weight excluding hydrogens is 226 g/mol. The smallest absolute Gasteiger partial charge is 0.0291 e. The zero-order valence-corrected chi connectivity index (χ0v) is 11.9. The van der Waals surface area contributed by atoms with E-state index in [1.807, 2.05) is 0 Å². The highest BCUT2D eigenvalue weighted by Gasteiger charge is 2.31. The first-order valence-corrected chi connectivity index (χ1v) is 7.56. The van der Waals surface area contributed by atoms with E-state index in [0.29, 0.717) is 11.3 Å². The number of hydrogen-bond acceptors (Lipinski definition) is 2. The molecule has 1 aromatic carbocycles. The zero-order valence-electron chi connectivity index (χ0n) is 11.1. The van der Waals surface area contributed by atoms with Crippen LogP contribution in [0.15, 0.2) is 29.2 Å². The first-order valence-electron chi connectivity index (χ1n) is 6.68. The molecule has 1 nitrogen and oxygen atoms in total. The van der Waals surface area contributed by atoms with Gasteiger partial charge in [0.25, 0.3) is 0 Å². The highest BCUT2D eigenvalue weighted by molar-refractivity contribution is 8.00. The van der Waals surface area contributed by atoms with Crippen LogP contribution in [-0.4, -0.2) is 18.3 Å². The summed E-state index contributed by atoms with van der Waals surface area (Å²) in [6.07, 6.45) is 3.82. The Balaban J connectivity index is 2.05. The summed E-state index contributed by atoms with van der Waals surface area (Å²) in [6, 6.07) is 9.48. The van der Waals surface area contributed by atoms with Gasteiger partial charge in [-0.15, -0.1) is 11.8 Å². The van der Waals surface area contributed by atoms with Gasteiger partial charge in [0.05, 0.1) is 0 Å². The Labute approximate surface area is 109 Å². The van der Waals surface area contributed by atoms with Crippen molar-refractivity contribution in [3.8, 4) is 0 Å². The topological polar surface area (TPSA) is 12.0 Å². The van der Waals surface area contributed by atoms with Crippen molar-refractivity contribution in [3.05, 3.63) is 29.8 Å². The van der Waals surface area contributed by atoms with Crippen LogP contribution >= 0.6 is 11.8 Å². The summed E-state index contributed by atoms with van der Waals surface area (Å²) in [5, 5.41) is 4.25. The van der Waals surface area contributed by atoms with Crippen LogP contribution in [-0.2, 0) is 6.42 Å². The second-order valence-corrected chi connectivity index (χ2v) is 6.33. The van der Waals surface area contributed by atoms with Crippen molar-refractivity contribution in [1.82, 2.24) is 5.32 Å². The molecule has 3 unspecified atom stereocenters. The number of hydrogen-bond donors (Lipinski definition) is 1. The SMILES string of the molecule is CCCC(C)C(NC)C1Cc2ccccc2S1. The lowest BCUT2D eigenvalue weighted by atomic mass is 9.92. The summed E-state index contributed by atoms with van der Waals surface area (Å²) in [4.78, 5) is 1.49. The Kier molecular flexibility index (Phi) is 4.52. The van der Waals surface area contributed by atoms with Crippen LogP contribution in [0.3, 0.4) is 0 Å². The van der Waals surface area contributed by atoms with E-state index in [4.69, 9.17) is 0 Å². The molecular formula is C15H23NS. The van der Waals surface area contributed by atoms with E-state index in [1.54, 1.807) is 0 Å². The molecule has 0 spiro atoms. The van der Waals surface area contributed by atoms with Gasteiger partial charge < -0.3 is 5.32 Å². The minimum absolute atomic E-state index is 0.632. The number of thioether (sulfide) groups is 1. The normalized spacial score (nSPS) is 22.2. The Bertz CT molecular complexity index is 339. The minimum Gasteiger partial charge on any atom is -0.316 e. The Morgan fingerprint density at radius 1 is 1.41 bits per heavy atom. The fraction of sp³-hybridized carbons (Fsp3) is 0.600. The Morgan fingerprint density at radius 2 is 2.18 bits per heavy atom. The molecule has 0 amide bonds. The monoisotopic (exact) mass is 249 g/mol. The highest BCUT2D eigenvalue weighted by atomic mass is 32.2. The predicted octanol–water partition coefficient (Wildman–Crippen LogP) is 3.73. The summed E-state index contributed by atoms with van der Waals surface area (Å²) in [5.74, 6) is 0.761. The van der Waals surface area contributed by atoms with Crippen molar-refractivity contribution in [2.75, 3.05) is 7.05 Å². The van der Waals surface area contributed by atoms with Crippen LogP contribution in [0.4, 0.5) is 0 Å². The van der Waals surface area contributed by atoms with E-state index in [0.717, 1.165) is 5.92 Å². The van der Waals surface area contributed by atoms with Crippen LogP contribution in [0.5, 0.6) is 0 Å². The van der Waals surface area contributed by atoms with Crippen LogP contribution in [0, 0.1) is 5.92 Å². The maximum atomic E-state index is 3.54. The van der Waals surface area contributed by atoms with Gasteiger partial charge in [-0.25, -0.2) is 0 Å². The zero-order chi connectivity index (χ0) is 12.3. The molecule has 0 aliphatic carbocycles. The third-order valence-electron chi connectivity index (χ3n) is 3.76. The number of rotatable bonds is 5. The van der Waals surface area contributed by atoms with Crippen molar-refractivity contribution in [3.63, 3.8) is 0 Å². The summed E-state index contributed by atoms with van der Waals surface area (Å²) in [5.41, 5.74) is 1.53. The van der Waals surface area contributed by atoms with Crippen molar-refractivity contribution < 1.29 is 0 Å². The molecule has 94 valence electrons. The maximum Gasteiger partial charge on any atom is 0.0291 e. The Hall–Kier alpha value is -0.470. The van der Waals surface area contributed by atoms with Crippen LogP contribution in [0.2, 0.25) is 0 Å². The van der Waals surface area contributed by atoms with E-state index in [-0.39, 0.29) is 0 Å². The largest absolute Gasteiger partial charge is 0.316 e. The summed E-state index contributed by atoms with van der Waals surface area (Å²) in [7, 11) is 2.11. The molecule has 0 saturated heterocycles. The Morgan fingerprint density at radius 3 is 2.82 bits per heavy atom. The van der Waals surface area contributed by atoms with Gasteiger partial charge in [0, 0.05) is 16.2 Å². The average molecular weight is 249 g/mol. The lowest BCUT2D eigenvalue weighted by molar-refractivity contribution is 0.365. The second-order valence-electron chi connectivity index (χ2n) is 5.05. The van der Waals surface area contributed by atoms with E-state index in [2.05, 4.69) is 62.2 Å². The fourth-order valence-electron chi connectivity index (χ4n) is 2.88. The van der Waals surface area contributed by atoms with Crippen molar-refractivity contribution in [2.45, 2.75) is 49.3 Å². The lowest BCUT2D eigenvalue weighted by Crippen LogP contribution is -2.41. The van der Waals surface area contributed by atoms with Gasteiger partial charge in [0.15, 0.2) is 0 Å². The predicted molar refractivity (Wildman–Crippen MR) is 76.7 cm³/mol. The molecule has 0 bridgehead atoms. The molecule has 2 rings (SSSR count). The van der Waals surface area contributed by atoms with Crippen LogP contribution < -0.4 is 5.32 Å². The summed E-state index contributed by atoms with van der Waals surface area (Å²) in [6.45, 7) is 4.66. The quantitative estimate of drug-likeness (QED) is 0.853. The van der Waals surface area contributed by atoms with Crippen molar-refractivity contribution in [1.29, 1.82) is 0 Å². The molecule has 3 atom stereocenters. The third-order valence-corrected chi connectivity index (χ3v) is 5.18. The molecule has 1 aliphatic rings. The van der Waals surface area contributed by atoms with Gasteiger partial charge in [-0.05, 0) is 37.4 Å². The van der Waals surface area contributed by atoms with Gasteiger partial charge in [0.2, 0.25) is 0 Å². The molecule has 17 heavy (non-hydrogen) atoms. The number of nitrogens with one attached hydrogen (secondary N) is 1. The molecule has 0 radical (unpaired) electrons.